The third-order valence-corrected chi connectivity index (χ3v) is 5.62. The minimum Gasteiger partial charge on any atom is -0.475 e. The fraction of sp³-hybridized carbons (Fsp3) is 0.500. The summed E-state index contributed by atoms with van der Waals surface area (Å²) < 4.78 is 5.88. The number of piperidine rings is 1. The minimum absolute atomic E-state index is 0.184. The maximum absolute atomic E-state index is 11.4. The zero-order chi connectivity index (χ0) is 21.6. The Morgan fingerprint density at radius 2 is 1.73 bits per heavy atom. The molecule has 1 N–H and O–H groups in total. The predicted molar refractivity (Wildman–Crippen MR) is 124 cm³/mol. The van der Waals surface area contributed by atoms with Crippen LogP contribution in [0.5, 0.6) is 0 Å². The first-order chi connectivity index (χ1) is 14.4. The van der Waals surface area contributed by atoms with Crippen LogP contribution in [-0.2, 0) is 17.7 Å². The Morgan fingerprint density at radius 1 is 1.03 bits per heavy atom. The maximum Gasteiger partial charge on any atom is 0.217 e. The molecule has 2 aliphatic heterocycles. The van der Waals surface area contributed by atoms with Gasteiger partial charge in [-0.25, -0.2) is 4.99 Å². The molecule has 1 saturated heterocycles. The maximum atomic E-state index is 11.4. The van der Waals surface area contributed by atoms with Gasteiger partial charge in [-0.15, -0.1) is 0 Å². The van der Waals surface area contributed by atoms with Crippen molar-refractivity contribution in [3.8, 4) is 0 Å². The molecule has 1 atom stereocenters. The van der Waals surface area contributed by atoms with Crippen LogP contribution in [0.15, 0.2) is 59.6 Å². The number of ether oxygens (including phenoxy) is 1. The van der Waals surface area contributed by atoms with E-state index in [4.69, 9.17) is 9.73 Å². The number of benzene rings is 2. The van der Waals surface area contributed by atoms with E-state index in [0.29, 0.717) is 25.5 Å². The lowest BCUT2D eigenvalue weighted by atomic mass is 9.85. The molecule has 4 nitrogen and oxygen atoms in total. The van der Waals surface area contributed by atoms with Gasteiger partial charge >= 0.3 is 0 Å². The van der Waals surface area contributed by atoms with Crippen LogP contribution >= 0.6 is 0 Å². The lowest BCUT2D eigenvalue weighted by molar-refractivity contribution is -0.0327. The highest BCUT2D eigenvalue weighted by Gasteiger charge is 2.35. The number of hydrogen-bond acceptors (Lipinski definition) is 4. The van der Waals surface area contributed by atoms with Gasteiger partial charge in [0.15, 0.2) is 0 Å². The third-order valence-electron chi connectivity index (χ3n) is 5.62. The fourth-order valence-corrected chi connectivity index (χ4v) is 4.29. The molecule has 30 heavy (non-hydrogen) atoms. The highest BCUT2D eigenvalue weighted by atomic mass is 16.5. The first kappa shape index (κ1) is 22.5. The third kappa shape index (κ3) is 5.71. The van der Waals surface area contributed by atoms with E-state index in [1.54, 1.807) is 0 Å². The minimum atomic E-state index is -0.724. The Morgan fingerprint density at radius 3 is 2.43 bits per heavy atom. The molecule has 0 bridgehead atoms. The van der Waals surface area contributed by atoms with Crippen molar-refractivity contribution in [3.05, 3.63) is 71.3 Å². The van der Waals surface area contributed by atoms with Crippen molar-refractivity contribution in [2.45, 2.75) is 64.6 Å². The smallest absolute Gasteiger partial charge is 0.217 e. The topological polar surface area (TPSA) is 45.1 Å². The molecule has 2 aliphatic rings. The van der Waals surface area contributed by atoms with Crippen LogP contribution in [0, 0.1) is 0 Å². The van der Waals surface area contributed by atoms with E-state index in [2.05, 4.69) is 55.1 Å². The van der Waals surface area contributed by atoms with Crippen LogP contribution in [0.25, 0.3) is 0 Å². The molecule has 2 heterocycles. The molecule has 0 saturated carbocycles. The van der Waals surface area contributed by atoms with Gasteiger partial charge in [-0.05, 0) is 50.4 Å². The summed E-state index contributed by atoms with van der Waals surface area (Å²) in [5.74, 6) is 0.709. The Bertz CT molecular complexity index is 847. The molecule has 0 amide bonds. The van der Waals surface area contributed by atoms with Gasteiger partial charge in [-0.1, -0.05) is 62.4 Å². The lowest BCUT2D eigenvalue weighted by Gasteiger charge is -2.39. The second kappa shape index (κ2) is 9.76. The summed E-state index contributed by atoms with van der Waals surface area (Å²) in [6, 6.07) is 18.7. The number of likely N-dealkylation sites (tertiary alicyclic amines) is 1. The molecule has 4 rings (SSSR count). The summed E-state index contributed by atoms with van der Waals surface area (Å²) in [5, 5.41) is 11.4. The molecule has 0 aromatic heterocycles. The highest BCUT2D eigenvalue weighted by molar-refractivity contribution is 5.96. The van der Waals surface area contributed by atoms with Crippen LogP contribution in [-0.4, -0.2) is 46.7 Å². The zero-order valence-corrected chi connectivity index (χ0v) is 18.9. The Labute approximate surface area is 181 Å². The number of aliphatic hydroxyl groups is 1. The van der Waals surface area contributed by atoms with E-state index in [9.17, 15) is 5.11 Å². The molecule has 0 radical (unpaired) electrons. The van der Waals surface area contributed by atoms with Crippen molar-refractivity contribution < 1.29 is 9.84 Å². The van der Waals surface area contributed by atoms with Crippen molar-refractivity contribution in [2.75, 3.05) is 19.7 Å². The monoisotopic (exact) mass is 408 g/mol. The van der Waals surface area contributed by atoms with Crippen molar-refractivity contribution in [1.82, 2.24) is 4.90 Å². The molecule has 2 aromatic carbocycles. The first-order valence-corrected chi connectivity index (χ1v) is 11.2. The van der Waals surface area contributed by atoms with E-state index in [-0.39, 0.29) is 5.54 Å². The molecular weight excluding hydrogens is 372 g/mol. The van der Waals surface area contributed by atoms with E-state index in [1.807, 2.05) is 32.0 Å². The fourth-order valence-electron chi connectivity index (χ4n) is 4.29. The normalized spacial score (nSPS) is 23.2. The number of rotatable bonds is 5. The zero-order valence-electron chi connectivity index (χ0n) is 18.9. The van der Waals surface area contributed by atoms with Gasteiger partial charge in [0, 0.05) is 25.1 Å². The van der Waals surface area contributed by atoms with Crippen molar-refractivity contribution in [1.29, 1.82) is 0 Å². The number of hydrogen-bond donors (Lipinski definition) is 1. The molecule has 0 aliphatic carbocycles. The number of nitrogens with zero attached hydrogens (tertiary/aromatic N) is 2. The van der Waals surface area contributed by atoms with Crippen molar-refractivity contribution in [3.63, 3.8) is 0 Å². The van der Waals surface area contributed by atoms with Gasteiger partial charge < -0.3 is 9.84 Å². The van der Waals surface area contributed by atoms with E-state index in [1.165, 1.54) is 5.56 Å². The van der Waals surface area contributed by atoms with Crippen molar-refractivity contribution in [2.24, 2.45) is 4.99 Å². The summed E-state index contributed by atoms with van der Waals surface area (Å²) >= 11 is 0. The van der Waals surface area contributed by atoms with Gasteiger partial charge in [0.25, 0.3) is 0 Å². The van der Waals surface area contributed by atoms with Gasteiger partial charge in [0.05, 0.1) is 11.1 Å². The molecule has 4 heteroatoms. The second-order valence-electron chi connectivity index (χ2n) is 8.88. The standard InChI is InChI=1S/C24H30N2O2.C2H6/c1-23(2)18-28-22(25-23)21-12-7-6-11-20(21)15-24(27)13-8-14-26(17-24)16-19-9-4-3-5-10-19;1-2/h3-7,9-12,27H,8,13-18H2,1-2H3;1-2H3. The van der Waals surface area contributed by atoms with Gasteiger partial charge in [-0.3, -0.25) is 4.90 Å². The summed E-state index contributed by atoms with van der Waals surface area (Å²) in [6.07, 6.45) is 2.46. The molecule has 0 spiro atoms. The summed E-state index contributed by atoms with van der Waals surface area (Å²) in [6.45, 7) is 11.4. The number of aliphatic imine (C=N–C) groups is 1. The lowest BCUT2D eigenvalue weighted by Crippen LogP contribution is -2.49. The average Bonchev–Trinajstić information content (AvgIpc) is 3.10. The summed E-state index contributed by atoms with van der Waals surface area (Å²) in [4.78, 5) is 7.11. The predicted octanol–water partition coefficient (Wildman–Crippen LogP) is 4.84. The van der Waals surface area contributed by atoms with Crippen LogP contribution in [0.2, 0.25) is 0 Å². The quantitative estimate of drug-likeness (QED) is 0.770. The van der Waals surface area contributed by atoms with E-state index >= 15 is 0 Å². The molecular formula is C26H36N2O2. The highest BCUT2D eigenvalue weighted by Crippen LogP contribution is 2.29. The van der Waals surface area contributed by atoms with Crippen LogP contribution in [0.1, 0.15) is 57.2 Å². The summed E-state index contributed by atoms with van der Waals surface area (Å²) in [7, 11) is 0. The Balaban J connectivity index is 0.00000124. The van der Waals surface area contributed by atoms with Crippen molar-refractivity contribution >= 4 is 5.90 Å². The summed E-state index contributed by atoms with van der Waals surface area (Å²) in [5.41, 5.74) is 2.52. The molecule has 1 unspecified atom stereocenters. The van der Waals surface area contributed by atoms with E-state index in [0.717, 1.165) is 37.1 Å². The Hall–Kier alpha value is -2.17. The second-order valence-corrected chi connectivity index (χ2v) is 8.88. The molecule has 162 valence electrons. The van der Waals surface area contributed by atoms with Gasteiger partial charge in [0.1, 0.15) is 6.61 Å². The molecule has 1 fully saturated rings. The Kier molecular flexibility index (Phi) is 7.32. The largest absolute Gasteiger partial charge is 0.475 e. The van der Waals surface area contributed by atoms with Crippen LogP contribution in [0.3, 0.4) is 0 Å². The number of β-amino-alcohol motifs (C(OH)–C–C–N with tert-alkyl or cyclic N) is 1. The van der Waals surface area contributed by atoms with E-state index < -0.39 is 5.60 Å². The average molecular weight is 409 g/mol. The SMILES string of the molecule is CC.CC1(C)COC(c2ccccc2CC2(O)CCCN(Cc3ccccc3)C2)=N1. The van der Waals surface area contributed by atoms with Gasteiger partial charge in [-0.2, -0.15) is 0 Å². The van der Waals surface area contributed by atoms with Gasteiger partial charge in [0.2, 0.25) is 5.90 Å². The first-order valence-electron chi connectivity index (χ1n) is 11.2. The van der Waals surface area contributed by atoms with Crippen LogP contribution in [0.4, 0.5) is 0 Å². The van der Waals surface area contributed by atoms with Crippen LogP contribution < -0.4 is 0 Å². The molecule has 2 aromatic rings.